The Labute approximate surface area is 104 Å². The fraction of sp³-hybridized carbons (Fsp3) is 0.545. The van der Waals surface area contributed by atoms with E-state index in [0.717, 1.165) is 32.4 Å². The van der Waals surface area contributed by atoms with Crippen LogP contribution < -0.4 is 10.6 Å². The van der Waals surface area contributed by atoms with Crippen LogP contribution in [0.1, 0.15) is 29.8 Å². The molecule has 7 heteroatoms. The maximum atomic E-state index is 11.9. The Morgan fingerprint density at radius 3 is 3.00 bits per heavy atom. The van der Waals surface area contributed by atoms with Crippen molar-refractivity contribution in [2.75, 3.05) is 13.1 Å². The fourth-order valence-electron chi connectivity index (χ4n) is 2.05. The molecule has 1 aliphatic heterocycles. The van der Waals surface area contributed by atoms with Gasteiger partial charge in [-0.2, -0.15) is 0 Å². The molecule has 2 heterocycles. The van der Waals surface area contributed by atoms with E-state index in [-0.39, 0.29) is 23.3 Å². The van der Waals surface area contributed by atoms with Crippen LogP contribution in [-0.4, -0.2) is 34.9 Å². The molecule has 1 aromatic heterocycles. The van der Waals surface area contributed by atoms with Crippen molar-refractivity contribution >= 4 is 11.6 Å². The normalized spacial score (nSPS) is 20.1. The molecule has 18 heavy (non-hydrogen) atoms. The van der Waals surface area contributed by atoms with Gasteiger partial charge in [0, 0.05) is 12.1 Å². The maximum Gasteiger partial charge on any atom is 0.287 e. The molecule has 1 saturated heterocycles. The van der Waals surface area contributed by atoms with Crippen molar-refractivity contribution in [3.8, 4) is 0 Å². The molecule has 0 aliphatic carbocycles. The van der Waals surface area contributed by atoms with E-state index in [9.17, 15) is 14.9 Å². The molecule has 0 bridgehead atoms. The van der Waals surface area contributed by atoms with Crippen LogP contribution in [0, 0.1) is 10.1 Å². The molecular formula is C11H16N4O3. The summed E-state index contributed by atoms with van der Waals surface area (Å²) < 4.78 is 0. The standard InChI is InChI=1S/C11H16N4O3/c16-11(10-6-9(7-13-10)15(17)18)14-8-2-1-4-12-5-3-8/h6-8,12-13H,1-5H2,(H,14,16). The van der Waals surface area contributed by atoms with Crippen molar-refractivity contribution in [3.63, 3.8) is 0 Å². The highest BCUT2D eigenvalue weighted by atomic mass is 16.6. The number of carbonyl (C=O) groups is 1. The van der Waals surface area contributed by atoms with Crippen LogP contribution in [0.5, 0.6) is 0 Å². The van der Waals surface area contributed by atoms with Gasteiger partial charge in [-0.1, -0.05) is 0 Å². The number of carbonyl (C=O) groups excluding carboxylic acids is 1. The van der Waals surface area contributed by atoms with Gasteiger partial charge in [-0.3, -0.25) is 14.9 Å². The number of nitro groups is 1. The average molecular weight is 252 g/mol. The van der Waals surface area contributed by atoms with Crippen LogP contribution in [0.2, 0.25) is 0 Å². The van der Waals surface area contributed by atoms with Gasteiger partial charge in [-0.25, -0.2) is 0 Å². The van der Waals surface area contributed by atoms with Crippen molar-refractivity contribution < 1.29 is 9.72 Å². The van der Waals surface area contributed by atoms with Crippen LogP contribution in [0.15, 0.2) is 12.3 Å². The van der Waals surface area contributed by atoms with Gasteiger partial charge in [0.25, 0.3) is 11.6 Å². The minimum Gasteiger partial charge on any atom is -0.351 e. The van der Waals surface area contributed by atoms with Crippen LogP contribution in [0.3, 0.4) is 0 Å². The lowest BCUT2D eigenvalue weighted by Crippen LogP contribution is -2.35. The van der Waals surface area contributed by atoms with E-state index in [2.05, 4.69) is 15.6 Å². The van der Waals surface area contributed by atoms with E-state index in [1.54, 1.807) is 0 Å². The largest absolute Gasteiger partial charge is 0.351 e. The predicted molar refractivity (Wildman–Crippen MR) is 65.4 cm³/mol. The second kappa shape index (κ2) is 5.63. The Balaban J connectivity index is 1.95. The summed E-state index contributed by atoms with van der Waals surface area (Å²) in [5, 5.41) is 16.7. The molecule has 1 aromatic rings. The minimum absolute atomic E-state index is 0.0947. The lowest BCUT2D eigenvalue weighted by Gasteiger charge is -2.14. The molecule has 7 nitrogen and oxygen atoms in total. The third-order valence-corrected chi connectivity index (χ3v) is 3.03. The van der Waals surface area contributed by atoms with Gasteiger partial charge < -0.3 is 15.6 Å². The van der Waals surface area contributed by atoms with Gasteiger partial charge in [0.1, 0.15) is 5.69 Å². The Morgan fingerprint density at radius 2 is 2.28 bits per heavy atom. The lowest BCUT2D eigenvalue weighted by molar-refractivity contribution is -0.384. The number of nitrogens with one attached hydrogen (secondary N) is 3. The van der Waals surface area contributed by atoms with Gasteiger partial charge in [0.05, 0.1) is 11.1 Å². The molecular weight excluding hydrogens is 236 g/mol. The van der Waals surface area contributed by atoms with E-state index in [1.807, 2.05) is 0 Å². The summed E-state index contributed by atoms with van der Waals surface area (Å²) in [6, 6.07) is 1.39. The molecule has 1 aliphatic rings. The molecule has 1 amide bonds. The van der Waals surface area contributed by atoms with Gasteiger partial charge in [0.2, 0.25) is 0 Å². The third kappa shape index (κ3) is 3.07. The molecule has 2 rings (SSSR count). The fourth-order valence-corrected chi connectivity index (χ4v) is 2.05. The van der Waals surface area contributed by atoms with E-state index in [4.69, 9.17) is 0 Å². The topological polar surface area (TPSA) is 100 Å². The van der Waals surface area contributed by atoms with Crippen LogP contribution >= 0.6 is 0 Å². The zero-order valence-corrected chi connectivity index (χ0v) is 9.94. The van der Waals surface area contributed by atoms with Gasteiger partial charge >= 0.3 is 0 Å². The highest BCUT2D eigenvalue weighted by Gasteiger charge is 2.18. The Bertz CT molecular complexity index is 435. The third-order valence-electron chi connectivity index (χ3n) is 3.03. The molecule has 1 fully saturated rings. The molecule has 3 N–H and O–H groups in total. The van der Waals surface area contributed by atoms with Crippen LogP contribution in [0.4, 0.5) is 5.69 Å². The average Bonchev–Trinajstić information content (AvgIpc) is 2.70. The number of aromatic amines is 1. The monoisotopic (exact) mass is 252 g/mol. The summed E-state index contributed by atoms with van der Waals surface area (Å²) in [7, 11) is 0. The molecule has 0 radical (unpaired) electrons. The van der Waals surface area contributed by atoms with Crippen molar-refractivity contribution in [2.45, 2.75) is 25.3 Å². The number of aromatic nitrogens is 1. The Morgan fingerprint density at radius 1 is 1.44 bits per heavy atom. The summed E-state index contributed by atoms with van der Waals surface area (Å²) >= 11 is 0. The number of hydrogen-bond acceptors (Lipinski definition) is 4. The first-order chi connectivity index (χ1) is 8.66. The zero-order valence-electron chi connectivity index (χ0n) is 9.94. The van der Waals surface area contributed by atoms with Crippen molar-refractivity contribution in [3.05, 3.63) is 28.1 Å². The predicted octanol–water partition coefficient (Wildman–Crippen LogP) is 0.795. The highest BCUT2D eigenvalue weighted by molar-refractivity contribution is 5.93. The van der Waals surface area contributed by atoms with E-state index < -0.39 is 4.92 Å². The van der Waals surface area contributed by atoms with Gasteiger partial charge in [0.15, 0.2) is 0 Å². The number of H-pyrrole nitrogens is 1. The van der Waals surface area contributed by atoms with Crippen LogP contribution in [-0.2, 0) is 0 Å². The molecule has 0 aromatic carbocycles. The van der Waals surface area contributed by atoms with Gasteiger partial charge in [-0.05, 0) is 32.4 Å². The molecule has 1 atom stereocenters. The quantitative estimate of drug-likeness (QED) is 0.547. The summed E-state index contributed by atoms with van der Waals surface area (Å²) in [4.78, 5) is 24.5. The number of amides is 1. The number of hydrogen-bond donors (Lipinski definition) is 3. The minimum atomic E-state index is -0.525. The lowest BCUT2D eigenvalue weighted by atomic mass is 10.1. The maximum absolute atomic E-state index is 11.9. The number of rotatable bonds is 3. The second-order valence-corrected chi connectivity index (χ2v) is 4.38. The Kier molecular flexibility index (Phi) is 3.93. The zero-order chi connectivity index (χ0) is 13.0. The van der Waals surface area contributed by atoms with Crippen molar-refractivity contribution in [2.24, 2.45) is 0 Å². The summed E-state index contributed by atoms with van der Waals surface area (Å²) in [6.07, 6.45) is 4.06. The summed E-state index contributed by atoms with van der Waals surface area (Å²) in [5.74, 6) is -0.282. The van der Waals surface area contributed by atoms with E-state index in [0.29, 0.717) is 0 Å². The van der Waals surface area contributed by atoms with Crippen molar-refractivity contribution in [1.29, 1.82) is 0 Å². The molecule has 0 saturated carbocycles. The molecule has 98 valence electrons. The number of nitrogens with zero attached hydrogens (tertiary/aromatic N) is 1. The smallest absolute Gasteiger partial charge is 0.287 e. The first kappa shape index (κ1) is 12.6. The highest BCUT2D eigenvalue weighted by Crippen LogP contribution is 2.13. The Hall–Kier alpha value is -1.89. The summed E-state index contributed by atoms with van der Waals surface area (Å²) in [6.45, 7) is 1.86. The first-order valence-electron chi connectivity index (χ1n) is 6.01. The molecule has 1 unspecified atom stereocenters. The second-order valence-electron chi connectivity index (χ2n) is 4.38. The van der Waals surface area contributed by atoms with E-state index in [1.165, 1.54) is 12.3 Å². The van der Waals surface area contributed by atoms with Crippen LogP contribution in [0.25, 0.3) is 0 Å². The molecule has 0 spiro atoms. The van der Waals surface area contributed by atoms with E-state index >= 15 is 0 Å². The van der Waals surface area contributed by atoms with Gasteiger partial charge in [-0.15, -0.1) is 0 Å². The SMILES string of the molecule is O=C(NC1CCCNCC1)c1cc([N+](=O)[O-])c[nH]1. The summed E-state index contributed by atoms with van der Waals surface area (Å²) in [5.41, 5.74) is 0.140. The van der Waals surface area contributed by atoms with Crippen molar-refractivity contribution in [1.82, 2.24) is 15.6 Å². The first-order valence-corrected chi connectivity index (χ1v) is 6.01.